The Labute approximate surface area is 143 Å². The van der Waals surface area contributed by atoms with Gasteiger partial charge in [-0.25, -0.2) is 0 Å². The van der Waals surface area contributed by atoms with Crippen LogP contribution in [-0.2, 0) is 4.79 Å². The Hall–Kier alpha value is -0.910. The third-order valence-electron chi connectivity index (χ3n) is 4.57. The van der Waals surface area contributed by atoms with Crippen LogP contribution in [0, 0.1) is 5.41 Å². The first-order chi connectivity index (χ1) is 10.8. The molecule has 5 heteroatoms. The van der Waals surface area contributed by atoms with Crippen LogP contribution in [0.25, 0.3) is 0 Å². The van der Waals surface area contributed by atoms with Gasteiger partial charge in [-0.05, 0) is 43.2 Å². The number of carbonyl (C=O) groups excluding carboxylic acids is 1. The van der Waals surface area contributed by atoms with Crippen LogP contribution >= 0.6 is 11.3 Å². The molecule has 4 nitrogen and oxygen atoms in total. The molecule has 23 heavy (non-hydrogen) atoms. The Morgan fingerprint density at radius 1 is 1.48 bits per heavy atom. The van der Waals surface area contributed by atoms with Crippen LogP contribution in [0.2, 0.25) is 0 Å². The van der Waals surface area contributed by atoms with E-state index in [0.717, 1.165) is 25.8 Å². The van der Waals surface area contributed by atoms with Crippen LogP contribution in [0.1, 0.15) is 57.9 Å². The molecule has 0 aromatic carbocycles. The zero-order chi connectivity index (χ0) is 17.0. The lowest BCUT2D eigenvalue weighted by Gasteiger charge is -2.38. The van der Waals surface area contributed by atoms with E-state index in [-0.39, 0.29) is 29.5 Å². The van der Waals surface area contributed by atoms with Crippen molar-refractivity contribution in [3.8, 4) is 0 Å². The summed E-state index contributed by atoms with van der Waals surface area (Å²) in [7, 11) is 0. The second-order valence-corrected chi connectivity index (χ2v) is 8.64. The van der Waals surface area contributed by atoms with E-state index >= 15 is 0 Å². The average Bonchev–Trinajstić information content (AvgIpc) is 2.97. The normalized spacial score (nSPS) is 22.6. The maximum atomic E-state index is 12.6. The van der Waals surface area contributed by atoms with E-state index in [0.29, 0.717) is 6.54 Å². The minimum atomic E-state index is -0.390. The van der Waals surface area contributed by atoms with Crippen LogP contribution in [0.15, 0.2) is 17.5 Å². The third kappa shape index (κ3) is 5.03. The van der Waals surface area contributed by atoms with Gasteiger partial charge in [0.1, 0.15) is 0 Å². The number of carbonyl (C=O) groups is 1. The van der Waals surface area contributed by atoms with E-state index < -0.39 is 0 Å². The van der Waals surface area contributed by atoms with E-state index in [1.165, 1.54) is 4.88 Å². The van der Waals surface area contributed by atoms with E-state index in [4.69, 9.17) is 0 Å². The molecule has 0 bridgehead atoms. The van der Waals surface area contributed by atoms with Crippen molar-refractivity contribution in [2.75, 3.05) is 13.1 Å². The van der Waals surface area contributed by atoms with Crippen molar-refractivity contribution in [1.82, 2.24) is 10.2 Å². The fraction of sp³-hybridized carbons (Fsp3) is 0.722. The van der Waals surface area contributed by atoms with Gasteiger partial charge in [-0.15, -0.1) is 11.3 Å². The molecule has 1 aliphatic heterocycles. The molecule has 1 amide bonds. The highest BCUT2D eigenvalue weighted by atomic mass is 32.1. The van der Waals surface area contributed by atoms with Gasteiger partial charge in [0.25, 0.3) is 0 Å². The molecular formula is C18H30N2O2S. The Morgan fingerprint density at radius 3 is 2.78 bits per heavy atom. The number of hydrogen-bond donors (Lipinski definition) is 2. The molecule has 1 aliphatic rings. The molecule has 130 valence electrons. The van der Waals surface area contributed by atoms with Crippen LogP contribution in [0.3, 0.4) is 0 Å². The minimum Gasteiger partial charge on any atom is -0.392 e. The number of likely N-dealkylation sites (tertiary alicyclic amines) is 1. The molecule has 0 saturated carbocycles. The lowest BCUT2D eigenvalue weighted by Crippen LogP contribution is -2.50. The molecule has 3 unspecified atom stereocenters. The second-order valence-electron chi connectivity index (χ2n) is 7.66. The highest BCUT2D eigenvalue weighted by Gasteiger charge is 2.31. The summed E-state index contributed by atoms with van der Waals surface area (Å²) in [5.41, 5.74) is -0.0356. The summed E-state index contributed by atoms with van der Waals surface area (Å²) in [6, 6.07) is 4.23. The van der Waals surface area contributed by atoms with Crippen molar-refractivity contribution < 1.29 is 9.90 Å². The number of aliphatic hydroxyl groups is 1. The predicted octanol–water partition coefficient (Wildman–Crippen LogP) is 3.19. The molecule has 1 aromatic rings. The number of thiophene rings is 1. The summed E-state index contributed by atoms with van der Waals surface area (Å²) in [6.07, 6.45) is 2.81. The number of hydrogen-bond acceptors (Lipinski definition) is 4. The first-order valence-corrected chi connectivity index (χ1v) is 9.42. The van der Waals surface area contributed by atoms with Gasteiger partial charge in [0, 0.05) is 10.9 Å². The van der Waals surface area contributed by atoms with Crippen molar-refractivity contribution >= 4 is 17.2 Å². The molecule has 0 aliphatic carbocycles. The van der Waals surface area contributed by atoms with Crippen molar-refractivity contribution in [2.24, 2.45) is 5.41 Å². The molecule has 0 radical (unpaired) electrons. The molecule has 1 aromatic heterocycles. The number of piperidine rings is 1. The number of rotatable bonds is 5. The van der Waals surface area contributed by atoms with E-state index in [1.807, 2.05) is 18.4 Å². The SMILES string of the molecule is CC(O)C1CCCCN1CC(=O)NC(c1cccs1)C(C)(C)C. The van der Waals surface area contributed by atoms with Crippen molar-refractivity contribution in [2.45, 2.75) is 65.1 Å². The molecule has 1 fully saturated rings. The lowest BCUT2D eigenvalue weighted by atomic mass is 9.85. The van der Waals surface area contributed by atoms with E-state index in [2.05, 4.69) is 37.1 Å². The van der Waals surface area contributed by atoms with Crippen LogP contribution in [0.4, 0.5) is 0 Å². The van der Waals surface area contributed by atoms with Gasteiger partial charge in [0.2, 0.25) is 5.91 Å². The van der Waals surface area contributed by atoms with Crippen molar-refractivity contribution in [1.29, 1.82) is 0 Å². The fourth-order valence-corrected chi connectivity index (χ4v) is 4.34. The largest absolute Gasteiger partial charge is 0.392 e. The zero-order valence-electron chi connectivity index (χ0n) is 14.7. The number of amides is 1. The van der Waals surface area contributed by atoms with Crippen molar-refractivity contribution in [3.05, 3.63) is 22.4 Å². The quantitative estimate of drug-likeness (QED) is 0.867. The van der Waals surface area contributed by atoms with Gasteiger partial charge in [-0.1, -0.05) is 33.3 Å². The topological polar surface area (TPSA) is 52.6 Å². The van der Waals surface area contributed by atoms with Gasteiger partial charge >= 0.3 is 0 Å². The van der Waals surface area contributed by atoms with Gasteiger partial charge in [-0.2, -0.15) is 0 Å². The Kier molecular flexibility index (Phi) is 6.23. The molecule has 0 spiro atoms. The average molecular weight is 339 g/mol. The first-order valence-electron chi connectivity index (χ1n) is 8.54. The number of nitrogens with one attached hydrogen (secondary N) is 1. The summed E-state index contributed by atoms with van der Waals surface area (Å²) in [6.45, 7) is 9.53. The zero-order valence-corrected chi connectivity index (χ0v) is 15.5. The Morgan fingerprint density at radius 2 is 2.22 bits per heavy atom. The Bertz CT molecular complexity index is 494. The molecule has 1 saturated heterocycles. The maximum Gasteiger partial charge on any atom is 0.234 e. The monoisotopic (exact) mass is 338 g/mol. The summed E-state index contributed by atoms with van der Waals surface area (Å²) in [5, 5.41) is 15.2. The van der Waals surface area contributed by atoms with Gasteiger partial charge < -0.3 is 10.4 Å². The molecular weight excluding hydrogens is 308 g/mol. The maximum absolute atomic E-state index is 12.6. The van der Waals surface area contributed by atoms with Gasteiger partial charge in [0.15, 0.2) is 0 Å². The third-order valence-corrected chi connectivity index (χ3v) is 5.50. The molecule has 2 heterocycles. The van der Waals surface area contributed by atoms with Crippen LogP contribution < -0.4 is 5.32 Å². The Balaban J connectivity index is 2.01. The van der Waals surface area contributed by atoms with Crippen LogP contribution in [0.5, 0.6) is 0 Å². The summed E-state index contributed by atoms with van der Waals surface area (Å²) in [4.78, 5) is 15.9. The summed E-state index contributed by atoms with van der Waals surface area (Å²) >= 11 is 1.68. The van der Waals surface area contributed by atoms with Crippen LogP contribution in [-0.4, -0.2) is 41.1 Å². The summed E-state index contributed by atoms with van der Waals surface area (Å²) < 4.78 is 0. The van der Waals surface area contributed by atoms with Gasteiger partial charge in [0.05, 0.1) is 18.7 Å². The lowest BCUT2D eigenvalue weighted by molar-refractivity contribution is -0.125. The fourth-order valence-electron chi connectivity index (χ4n) is 3.32. The van der Waals surface area contributed by atoms with E-state index in [9.17, 15) is 9.90 Å². The van der Waals surface area contributed by atoms with Gasteiger partial charge in [-0.3, -0.25) is 9.69 Å². The standard InChI is InChI=1S/C18H30N2O2S/c1-13(21)14-8-5-6-10-20(14)12-16(22)19-17(18(2,3)4)15-9-7-11-23-15/h7,9,11,13-14,17,21H,5-6,8,10,12H2,1-4H3,(H,19,22). The predicted molar refractivity (Wildman–Crippen MR) is 95.6 cm³/mol. The van der Waals surface area contributed by atoms with E-state index in [1.54, 1.807) is 11.3 Å². The smallest absolute Gasteiger partial charge is 0.234 e. The first kappa shape index (κ1) is 18.4. The number of aliphatic hydroxyl groups excluding tert-OH is 1. The van der Waals surface area contributed by atoms with Crippen molar-refractivity contribution in [3.63, 3.8) is 0 Å². The molecule has 3 atom stereocenters. The second kappa shape index (κ2) is 7.77. The molecule has 2 N–H and O–H groups in total. The minimum absolute atomic E-state index is 0.0183. The highest BCUT2D eigenvalue weighted by Crippen LogP contribution is 2.35. The highest BCUT2D eigenvalue weighted by molar-refractivity contribution is 7.10. The summed E-state index contributed by atoms with van der Waals surface area (Å²) in [5.74, 6) is 0.0471. The molecule has 2 rings (SSSR count). The number of nitrogens with zero attached hydrogens (tertiary/aromatic N) is 1.